The van der Waals surface area contributed by atoms with Crippen LogP contribution in [0.25, 0.3) is 6.08 Å². The van der Waals surface area contributed by atoms with Crippen LogP contribution in [0.4, 0.5) is 5.82 Å². The van der Waals surface area contributed by atoms with Gasteiger partial charge in [-0.15, -0.1) is 0 Å². The molecule has 0 aromatic carbocycles. The fraction of sp³-hybridized carbons (Fsp3) is 0.385. The molecule has 0 saturated carbocycles. The van der Waals surface area contributed by atoms with E-state index in [-0.39, 0.29) is 17.8 Å². The lowest BCUT2D eigenvalue weighted by Gasteiger charge is -2.11. The smallest absolute Gasteiger partial charge is 0.257 e. The lowest BCUT2D eigenvalue weighted by Crippen LogP contribution is -2.23. The van der Waals surface area contributed by atoms with Crippen molar-refractivity contribution >= 4 is 17.8 Å². The highest BCUT2D eigenvalue weighted by atomic mass is 16.2. The molecule has 5 heteroatoms. The molecule has 0 aliphatic carbocycles. The Morgan fingerprint density at radius 2 is 2.22 bits per heavy atom. The third kappa shape index (κ3) is 3.85. The number of carbonyl (C=O) groups excluding carboxylic acids is 1. The molecular formula is C13H20N4O. The van der Waals surface area contributed by atoms with E-state index < -0.39 is 0 Å². The highest BCUT2D eigenvalue weighted by Crippen LogP contribution is 2.14. The van der Waals surface area contributed by atoms with Gasteiger partial charge in [-0.25, -0.2) is 4.98 Å². The molecule has 5 nitrogen and oxygen atoms in total. The average molecular weight is 248 g/mol. The van der Waals surface area contributed by atoms with E-state index in [1.807, 2.05) is 19.1 Å². The lowest BCUT2D eigenvalue weighted by atomic mass is 10.1. The summed E-state index contributed by atoms with van der Waals surface area (Å²) >= 11 is 0. The Kier molecular flexibility index (Phi) is 4.85. The number of nitrogens with two attached hydrogens (primary N) is 2. The maximum absolute atomic E-state index is 11.9. The fourth-order valence-electron chi connectivity index (χ4n) is 1.41. The Bertz CT molecular complexity index is 452. The van der Waals surface area contributed by atoms with Gasteiger partial charge >= 0.3 is 0 Å². The number of carbonyl (C=O) groups is 1. The maximum atomic E-state index is 11.9. The van der Waals surface area contributed by atoms with Crippen molar-refractivity contribution in [1.82, 2.24) is 9.88 Å². The summed E-state index contributed by atoms with van der Waals surface area (Å²) in [6.07, 6.45) is 6.27. The summed E-state index contributed by atoms with van der Waals surface area (Å²) < 4.78 is 0. The van der Waals surface area contributed by atoms with Crippen molar-refractivity contribution in [3.8, 4) is 0 Å². The predicted molar refractivity (Wildman–Crippen MR) is 74.0 cm³/mol. The molecule has 0 bridgehead atoms. The van der Waals surface area contributed by atoms with Gasteiger partial charge in [-0.1, -0.05) is 12.2 Å². The van der Waals surface area contributed by atoms with Gasteiger partial charge in [-0.05, 0) is 25.0 Å². The molecule has 1 aromatic heterocycles. The molecule has 1 rings (SSSR count). The van der Waals surface area contributed by atoms with E-state index in [0.29, 0.717) is 5.56 Å². The first kappa shape index (κ1) is 14.2. The summed E-state index contributed by atoms with van der Waals surface area (Å²) in [6, 6.07) is 1.85. The van der Waals surface area contributed by atoms with Crippen LogP contribution in [0, 0.1) is 0 Å². The molecule has 1 aromatic rings. The van der Waals surface area contributed by atoms with E-state index in [9.17, 15) is 4.79 Å². The molecule has 1 heterocycles. The standard InChI is InChI=1S/C13H20N4O/c1-9(14)5-4-6-10-7-11(12(15)16-8-10)13(18)17(2)3/h4,6-9H,5,14H2,1-3H3,(H2,15,16)/b6-4+/t9-/m0/s1. The summed E-state index contributed by atoms with van der Waals surface area (Å²) in [4.78, 5) is 17.4. The third-order valence-corrected chi connectivity index (χ3v) is 2.39. The topological polar surface area (TPSA) is 85.2 Å². The summed E-state index contributed by atoms with van der Waals surface area (Å²) in [5.41, 5.74) is 12.6. The van der Waals surface area contributed by atoms with Crippen molar-refractivity contribution in [1.29, 1.82) is 0 Å². The Labute approximate surface area is 107 Å². The Morgan fingerprint density at radius 1 is 1.56 bits per heavy atom. The average Bonchev–Trinajstić information content (AvgIpc) is 2.29. The van der Waals surface area contributed by atoms with Gasteiger partial charge in [0.1, 0.15) is 5.82 Å². The molecule has 1 amide bonds. The number of anilines is 1. The number of pyridine rings is 1. The molecular weight excluding hydrogens is 228 g/mol. The van der Waals surface area contributed by atoms with Crippen LogP contribution in [0.1, 0.15) is 29.3 Å². The van der Waals surface area contributed by atoms with Crippen LogP contribution < -0.4 is 11.5 Å². The number of rotatable bonds is 4. The first-order valence-electron chi connectivity index (χ1n) is 5.81. The van der Waals surface area contributed by atoms with Crippen molar-refractivity contribution in [3.63, 3.8) is 0 Å². The quantitative estimate of drug-likeness (QED) is 0.836. The summed E-state index contributed by atoms with van der Waals surface area (Å²) in [5, 5.41) is 0. The zero-order valence-corrected chi connectivity index (χ0v) is 11.1. The van der Waals surface area contributed by atoms with Gasteiger partial charge in [0.15, 0.2) is 0 Å². The molecule has 4 N–H and O–H groups in total. The minimum absolute atomic E-state index is 0.117. The molecule has 0 spiro atoms. The zero-order chi connectivity index (χ0) is 13.7. The Hall–Kier alpha value is -1.88. The summed E-state index contributed by atoms with van der Waals surface area (Å²) in [5.74, 6) is 0.0977. The second-order valence-electron chi connectivity index (χ2n) is 4.52. The summed E-state index contributed by atoms with van der Waals surface area (Å²) in [7, 11) is 3.36. The van der Waals surface area contributed by atoms with Crippen LogP contribution in [0.3, 0.4) is 0 Å². The first-order valence-corrected chi connectivity index (χ1v) is 5.81. The molecule has 0 unspecified atom stereocenters. The van der Waals surface area contributed by atoms with E-state index in [2.05, 4.69) is 4.98 Å². The largest absolute Gasteiger partial charge is 0.383 e. The Balaban J connectivity index is 2.94. The number of amides is 1. The number of hydrogen-bond donors (Lipinski definition) is 2. The van der Waals surface area contributed by atoms with Crippen molar-refractivity contribution in [2.45, 2.75) is 19.4 Å². The van der Waals surface area contributed by atoms with Crippen LogP contribution in [0.5, 0.6) is 0 Å². The van der Waals surface area contributed by atoms with Gasteiger partial charge in [0.25, 0.3) is 5.91 Å². The van der Waals surface area contributed by atoms with Gasteiger partial charge in [0, 0.05) is 26.3 Å². The molecule has 1 atom stereocenters. The van der Waals surface area contributed by atoms with Gasteiger partial charge < -0.3 is 16.4 Å². The molecule has 0 saturated heterocycles. The van der Waals surface area contributed by atoms with Crippen molar-refractivity contribution in [3.05, 3.63) is 29.5 Å². The molecule has 0 radical (unpaired) electrons. The number of aromatic nitrogens is 1. The van der Waals surface area contributed by atoms with Crippen LogP contribution in [-0.2, 0) is 0 Å². The van der Waals surface area contributed by atoms with Crippen LogP contribution in [-0.4, -0.2) is 35.9 Å². The van der Waals surface area contributed by atoms with E-state index in [1.165, 1.54) is 4.90 Å². The minimum atomic E-state index is -0.151. The van der Waals surface area contributed by atoms with Gasteiger partial charge in [0.2, 0.25) is 0 Å². The molecule has 0 aliphatic rings. The SMILES string of the molecule is C[C@H](N)C/C=C/c1cnc(N)c(C(=O)N(C)C)c1. The zero-order valence-electron chi connectivity index (χ0n) is 11.1. The molecule has 18 heavy (non-hydrogen) atoms. The summed E-state index contributed by atoms with van der Waals surface area (Å²) in [6.45, 7) is 1.94. The van der Waals surface area contributed by atoms with Crippen molar-refractivity contribution < 1.29 is 4.79 Å². The normalized spacial score (nSPS) is 12.7. The first-order chi connectivity index (χ1) is 8.41. The highest BCUT2D eigenvalue weighted by Gasteiger charge is 2.12. The van der Waals surface area contributed by atoms with Crippen LogP contribution in [0.15, 0.2) is 18.3 Å². The monoisotopic (exact) mass is 248 g/mol. The van der Waals surface area contributed by atoms with Gasteiger partial charge in [0.05, 0.1) is 5.56 Å². The van der Waals surface area contributed by atoms with Gasteiger partial charge in [-0.2, -0.15) is 0 Å². The van der Waals surface area contributed by atoms with Crippen molar-refractivity contribution in [2.75, 3.05) is 19.8 Å². The number of nitrogens with zero attached hydrogens (tertiary/aromatic N) is 2. The second kappa shape index (κ2) is 6.16. The third-order valence-electron chi connectivity index (χ3n) is 2.39. The van der Waals surface area contributed by atoms with Crippen LogP contribution in [0.2, 0.25) is 0 Å². The lowest BCUT2D eigenvalue weighted by molar-refractivity contribution is 0.0828. The van der Waals surface area contributed by atoms with E-state index in [0.717, 1.165) is 12.0 Å². The van der Waals surface area contributed by atoms with E-state index in [1.54, 1.807) is 26.4 Å². The maximum Gasteiger partial charge on any atom is 0.257 e. The Morgan fingerprint density at radius 3 is 2.78 bits per heavy atom. The van der Waals surface area contributed by atoms with Crippen molar-refractivity contribution in [2.24, 2.45) is 5.73 Å². The molecule has 0 fully saturated rings. The fourth-order valence-corrected chi connectivity index (χ4v) is 1.41. The number of nitrogen functional groups attached to an aromatic ring is 1. The highest BCUT2D eigenvalue weighted by molar-refractivity contribution is 5.98. The minimum Gasteiger partial charge on any atom is -0.383 e. The van der Waals surface area contributed by atoms with E-state index >= 15 is 0 Å². The van der Waals surface area contributed by atoms with E-state index in [4.69, 9.17) is 11.5 Å². The molecule has 98 valence electrons. The second-order valence-corrected chi connectivity index (χ2v) is 4.52. The van der Waals surface area contributed by atoms with Crippen LogP contribution >= 0.6 is 0 Å². The van der Waals surface area contributed by atoms with Gasteiger partial charge in [-0.3, -0.25) is 4.79 Å². The predicted octanol–water partition coefficient (Wildman–Crippen LogP) is 1.12. The molecule has 0 aliphatic heterocycles. The number of hydrogen-bond acceptors (Lipinski definition) is 4.